The summed E-state index contributed by atoms with van der Waals surface area (Å²) in [5.41, 5.74) is 0.193. The van der Waals surface area contributed by atoms with E-state index in [1.807, 2.05) is 0 Å². The molecule has 2 rings (SSSR count). The maximum atomic E-state index is 13.5. The molecule has 0 bridgehead atoms. The lowest BCUT2D eigenvalue weighted by Gasteiger charge is -2.08. The van der Waals surface area contributed by atoms with Crippen LogP contribution in [0.25, 0.3) is 0 Å². The summed E-state index contributed by atoms with van der Waals surface area (Å²) in [6.07, 6.45) is 1.46. The van der Waals surface area contributed by atoms with E-state index >= 15 is 0 Å². The van der Waals surface area contributed by atoms with Gasteiger partial charge >= 0.3 is 0 Å². The van der Waals surface area contributed by atoms with Crippen LogP contribution in [0.2, 0.25) is 5.15 Å². The van der Waals surface area contributed by atoms with E-state index in [1.165, 1.54) is 19.2 Å². The van der Waals surface area contributed by atoms with Gasteiger partial charge in [0.1, 0.15) is 11.6 Å². The van der Waals surface area contributed by atoms with Gasteiger partial charge in [-0.25, -0.2) is 13.8 Å². The van der Waals surface area contributed by atoms with Gasteiger partial charge in [0.05, 0.1) is 11.3 Å². The van der Waals surface area contributed by atoms with E-state index in [2.05, 4.69) is 10.3 Å². The summed E-state index contributed by atoms with van der Waals surface area (Å²) in [4.78, 5) is 15.7. The number of amides is 1. The number of pyridine rings is 1. The highest BCUT2D eigenvalue weighted by atomic mass is 35.5. The lowest BCUT2D eigenvalue weighted by Crippen LogP contribution is -2.15. The van der Waals surface area contributed by atoms with E-state index < -0.39 is 17.5 Å². The summed E-state index contributed by atoms with van der Waals surface area (Å²) >= 11 is 5.77. The third-order valence-electron chi connectivity index (χ3n) is 2.50. The molecular formula is C13H9ClF2N2O. The molecule has 19 heavy (non-hydrogen) atoms. The van der Waals surface area contributed by atoms with Crippen molar-refractivity contribution < 1.29 is 13.6 Å². The van der Waals surface area contributed by atoms with Crippen LogP contribution >= 0.6 is 11.6 Å². The smallest absolute Gasteiger partial charge is 0.258 e. The van der Waals surface area contributed by atoms with Crippen LogP contribution in [0.3, 0.4) is 0 Å². The molecule has 0 spiro atoms. The predicted octanol–water partition coefficient (Wildman–Crippen LogP) is 3.57. The Labute approximate surface area is 113 Å². The molecule has 0 unspecified atom stereocenters. The van der Waals surface area contributed by atoms with Crippen molar-refractivity contribution >= 4 is 23.2 Å². The van der Waals surface area contributed by atoms with Crippen LogP contribution in [0.15, 0.2) is 30.5 Å². The summed E-state index contributed by atoms with van der Waals surface area (Å²) in [5, 5.41) is 2.51. The number of benzene rings is 1. The zero-order valence-electron chi connectivity index (χ0n) is 9.88. The number of carbonyl (C=O) groups excluding carboxylic acids is 1. The number of nitrogens with zero attached hydrogens (tertiary/aromatic N) is 1. The fourth-order valence-corrected chi connectivity index (χ4v) is 1.67. The zero-order chi connectivity index (χ0) is 14.0. The maximum absolute atomic E-state index is 13.5. The Hall–Kier alpha value is -2.01. The third-order valence-corrected chi connectivity index (χ3v) is 2.80. The number of rotatable bonds is 2. The molecule has 1 heterocycles. The van der Waals surface area contributed by atoms with Gasteiger partial charge in [-0.15, -0.1) is 0 Å². The Kier molecular flexibility index (Phi) is 3.76. The Balaban J connectivity index is 2.31. The Morgan fingerprint density at radius 3 is 2.74 bits per heavy atom. The Bertz CT molecular complexity index is 647. The highest BCUT2D eigenvalue weighted by molar-refractivity contribution is 6.32. The largest absolute Gasteiger partial charge is 0.319 e. The van der Waals surface area contributed by atoms with Crippen molar-refractivity contribution in [2.75, 3.05) is 5.32 Å². The molecule has 2 aromatic rings. The van der Waals surface area contributed by atoms with Gasteiger partial charge in [-0.3, -0.25) is 4.79 Å². The molecule has 1 aromatic carbocycles. The fourth-order valence-electron chi connectivity index (χ4n) is 1.50. The quantitative estimate of drug-likeness (QED) is 0.856. The molecule has 0 aliphatic rings. The molecule has 3 nitrogen and oxygen atoms in total. The molecule has 98 valence electrons. The molecule has 0 fully saturated rings. The van der Waals surface area contributed by atoms with E-state index in [0.29, 0.717) is 6.07 Å². The van der Waals surface area contributed by atoms with Crippen LogP contribution in [0, 0.1) is 18.6 Å². The molecular weight excluding hydrogens is 274 g/mol. The zero-order valence-corrected chi connectivity index (χ0v) is 10.6. The van der Waals surface area contributed by atoms with E-state index in [0.717, 1.165) is 6.07 Å². The van der Waals surface area contributed by atoms with Crippen molar-refractivity contribution in [3.8, 4) is 0 Å². The van der Waals surface area contributed by atoms with Crippen molar-refractivity contribution in [1.82, 2.24) is 4.98 Å². The first-order chi connectivity index (χ1) is 8.99. The molecule has 0 saturated carbocycles. The van der Waals surface area contributed by atoms with Gasteiger partial charge < -0.3 is 5.32 Å². The van der Waals surface area contributed by atoms with Crippen molar-refractivity contribution in [1.29, 1.82) is 0 Å². The highest BCUT2D eigenvalue weighted by Crippen LogP contribution is 2.20. The summed E-state index contributed by atoms with van der Waals surface area (Å²) in [6.45, 7) is 1.45. The second kappa shape index (κ2) is 5.32. The van der Waals surface area contributed by atoms with Gasteiger partial charge in [-0.1, -0.05) is 11.6 Å². The Morgan fingerprint density at radius 2 is 2.05 bits per heavy atom. The number of hydrogen-bond acceptors (Lipinski definition) is 2. The first-order valence-electron chi connectivity index (χ1n) is 5.36. The lowest BCUT2D eigenvalue weighted by molar-refractivity contribution is 0.102. The molecule has 1 amide bonds. The minimum atomic E-state index is -0.930. The maximum Gasteiger partial charge on any atom is 0.258 e. The normalized spacial score (nSPS) is 10.3. The molecule has 0 atom stereocenters. The lowest BCUT2D eigenvalue weighted by atomic mass is 10.1. The average molecular weight is 283 g/mol. The number of aryl methyl sites for hydroxylation is 1. The minimum absolute atomic E-state index is 0.0927. The Morgan fingerprint density at radius 1 is 1.32 bits per heavy atom. The highest BCUT2D eigenvalue weighted by Gasteiger charge is 2.15. The SMILES string of the molecule is Cc1cc(C(=O)Nc2cccnc2Cl)c(F)cc1F. The van der Waals surface area contributed by atoms with Gasteiger partial charge in [0, 0.05) is 12.3 Å². The first kappa shape index (κ1) is 13.4. The van der Waals surface area contributed by atoms with Crippen LogP contribution in [-0.4, -0.2) is 10.9 Å². The molecule has 6 heteroatoms. The molecule has 1 N–H and O–H groups in total. The molecule has 0 aliphatic carbocycles. The number of nitrogens with one attached hydrogen (secondary N) is 1. The van der Waals surface area contributed by atoms with E-state index in [4.69, 9.17) is 11.6 Å². The second-order valence-corrected chi connectivity index (χ2v) is 4.24. The third kappa shape index (κ3) is 2.88. The number of halogens is 3. The van der Waals surface area contributed by atoms with Gasteiger partial charge in [0.15, 0.2) is 5.15 Å². The minimum Gasteiger partial charge on any atom is -0.319 e. The summed E-state index contributed by atoms with van der Waals surface area (Å²) in [6, 6.07) is 4.93. The van der Waals surface area contributed by atoms with E-state index in [1.54, 1.807) is 6.07 Å². The summed E-state index contributed by atoms with van der Waals surface area (Å²) < 4.78 is 26.6. The van der Waals surface area contributed by atoms with Crippen LogP contribution in [0.5, 0.6) is 0 Å². The summed E-state index contributed by atoms with van der Waals surface area (Å²) in [5.74, 6) is -2.34. The number of carbonyl (C=O) groups is 1. The van der Waals surface area contributed by atoms with E-state index in [9.17, 15) is 13.6 Å². The topological polar surface area (TPSA) is 42.0 Å². The van der Waals surface area contributed by atoms with Crippen molar-refractivity contribution in [2.45, 2.75) is 6.92 Å². The predicted molar refractivity (Wildman–Crippen MR) is 68.3 cm³/mol. The standard InChI is InChI=1S/C13H9ClF2N2O/c1-7-5-8(10(16)6-9(7)15)13(19)18-11-3-2-4-17-12(11)14/h2-6H,1H3,(H,18,19). The molecule has 0 saturated heterocycles. The van der Waals surface area contributed by atoms with Crippen LogP contribution in [-0.2, 0) is 0 Å². The number of hydrogen-bond donors (Lipinski definition) is 1. The van der Waals surface area contributed by atoms with Crippen molar-refractivity contribution in [3.63, 3.8) is 0 Å². The van der Waals surface area contributed by atoms with Gasteiger partial charge in [-0.05, 0) is 30.7 Å². The van der Waals surface area contributed by atoms with Crippen molar-refractivity contribution in [3.05, 3.63) is 58.4 Å². The number of aromatic nitrogens is 1. The molecule has 0 aliphatic heterocycles. The molecule has 1 aromatic heterocycles. The summed E-state index contributed by atoms with van der Waals surface area (Å²) in [7, 11) is 0. The van der Waals surface area contributed by atoms with Gasteiger partial charge in [-0.2, -0.15) is 0 Å². The van der Waals surface area contributed by atoms with Crippen LogP contribution in [0.4, 0.5) is 14.5 Å². The second-order valence-electron chi connectivity index (χ2n) is 3.88. The monoisotopic (exact) mass is 282 g/mol. The van der Waals surface area contributed by atoms with Crippen LogP contribution in [0.1, 0.15) is 15.9 Å². The number of anilines is 1. The first-order valence-corrected chi connectivity index (χ1v) is 5.74. The van der Waals surface area contributed by atoms with E-state index in [-0.39, 0.29) is 22.0 Å². The van der Waals surface area contributed by atoms with Crippen molar-refractivity contribution in [2.24, 2.45) is 0 Å². The van der Waals surface area contributed by atoms with Crippen LogP contribution < -0.4 is 5.32 Å². The molecule has 0 radical (unpaired) electrons. The van der Waals surface area contributed by atoms with Gasteiger partial charge in [0.25, 0.3) is 5.91 Å². The fraction of sp³-hybridized carbons (Fsp3) is 0.0769. The average Bonchev–Trinajstić information content (AvgIpc) is 2.36. The van der Waals surface area contributed by atoms with Gasteiger partial charge in [0.2, 0.25) is 0 Å².